The van der Waals surface area contributed by atoms with Crippen LogP contribution >= 0.6 is 0 Å². The van der Waals surface area contributed by atoms with Crippen LogP contribution < -0.4 is 0 Å². The van der Waals surface area contributed by atoms with Crippen molar-refractivity contribution in [3.05, 3.63) is 28.8 Å². The van der Waals surface area contributed by atoms with Crippen molar-refractivity contribution in [2.45, 2.75) is 19.5 Å². The lowest BCUT2D eigenvalue weighted by molar-refractivity contribution is -0.140. The van der Waals surface area contributed by atoms with Crippen LogP contribution in [-0.2, 0) is 10.9 Å². The Labute approximate surface area is 103 Å². The molecule has 0 aliphatic heterocycles. The van der Waals surface area contributed by atoms with Gasteiger partial charge in [0, 0.05) is 6.20 Å². The van der Waals surface area contributed by atoms with Crippen LogP contribution in [0.15, 0.2) is 6.20 Å². The second kappa shape index (κ2) is 5.45. The number of carbonyl (C=O) groups excluding carboxylic acids is 1. The van der Waals surface area contributed by atoms with Crippen LogP contribution in [0.5, 0.6) is 0 Å². The molecule has 3 nitrogen and oxygen atoms in total. The van der Waals surface area contributed by atoms with Crippen molar-refractivity contribution in [2.24, 2.45) is 0 Å². The highest BCUT2D eigenvalue weighted by Gasteiger charge is 2.39. The lowest BCUT2D eigenvalue weighted by Gasteiger charge is -2.14. The fraction of sp³-hybridized carbons (Fsp3) is 0.400. The summed E-state index contributed by atoms with van der Waals surface area (Å²) in [5.74, 6) is -3.43. The molecule has 0 spiro atoms. The molecule has 1 rings (SSSR count). The van der Waals surface area contributed by atoms with E-state index in [0.717, 1.165) is 0 Å². The van der Waals surface area contributed by atoms with E-state index in [-0.39, 0.29) is 12.8 Å². The van der Waals surface area contributed by atoms with Crippen molar-refractivity contribution in [3.8, 4) is 0 Å². The fourth-order valence-corrected chi connectivity index (χ4v) is 1.28. The zero-order valence-corrected chi connectivity index (χ0v) is 9.39. The third-order valence-electron chi connectivity index (χ3n) is 2.05. The van der Waals surface area contributed by atoms with Crippen molar-refractivity contribution >= 4 is 5.97 Å². The number of halogens is 6. The zero-order valence-electron chi connectivity index (χ0n) is 9.39. The SMILES string of the molecule is CCOC(=O)c1ncc(C(F)(F)F)c(C(F)F)c1F. The Kier molecular flexibility index (Phi) is 4.38. The van der Waals surface area contributed by atoms with Gasteiger partial charge in [0.15, 0.2) is 11.5 Å². The number of hydrogen-bond acceptors (Lipinski definition) is 3. The number of rotatable bonds is 3. The second-order valence-corrected chi connectivity index (χ2v) is 3.27. The number of ether oxygens (including phenoxy) is 1. The van der Waals surface area contributed by atoms with Gasteiger partial charge < -0.3 is 4.74 Å². The molecule has 0 bridgehead atoms. The third kappa shape index (κ3) is 3.15. The minimum Gasteiger partial charge on any atom is -0.461 e. The van der Waals surface area contributed by atoms with Crippen molar-refractivity contribution < 1.29 is 35.9 Å². The molecule has 0 aliphatic carbocycles. The lowest BCUT2D eigenvalue weighted by Crippen LogP contribution is -2.17. The highest BCUT2D eigenvalue weighted by molar-refractivity contribution is 5.87. The minimum absolute atomic E-state index is 0.0170. The van der Waals surface area contributed by atoms with Gasteiger partial charge in [0.2, 0.25) is 0 Å². The first-order valence-electron chi connectivity index (χ1n) is 4.91. The zero-order chi connectivity index (χ0) is 14.8. The first kappa shape index (κ1) is 15.3. The lowest BCUT2D eigenvalue weighted by atomic mass is 10.1. The quantitative estimate of drug-likeness (QED) is 0.632. The van der Waals surface area contributed by atoms with Crippen molar-refractivity contribution in [2.75, 3.05) is 6.61 Å². The number of hydrogen-bond donors (Lipinski definition) is 0. The highest BCUT2D eigenvalue weighted by Crippen LogP contribution is 2.37. The summed E-state index contributed by atoms with van der Waals surface area (Å²) in [6.07, 6.45) is -8.96. The van der Waals surface area contributed by atoms with E-state index in [0.29, 0.717) is 0 Å². The molecule has 0 saturated carbocycles. The normalized spacial score (nSPS) is 11.8. The van der Waals surface area contributed by atoms with Gasteiger partial charge in [0.25, 0.3) is 6.43 Å². The molecule has 0 radical (unpaired) electrons. The molecule has 1 aromatic rings. The number of carbonyl (C=O) groups is 1. The van der Waals surface area contributed by atoms with Crippen molar-refractivity contribution in [1.29, 1.82) is 0 Å². The Bertz CT molecular complexity index is 486. The van der Waals surface area contributed by atoms with Gasteiger partial charge in [0.05, 0.1) is 17.7 Å². The molecule has 19 heavy (non-hydrogen) atoms. The molecule has 106 valence electrons. The Balaban J connectivity index is 3.44. The molecule has 9 heteroatoms. The van der Waals surface area contributed by atoms with Crippen LogP contribution in [0.1, 0.15) is 35.0 Å². The van der Waals surface area contributed by atoms with E-state index in [1.165, 1.54) is 6.92 Å². The summed E-state index contributed by atoms with van der Waals surface area (Å²) in [6, 6.07) is 0. The Morgan fingerprint density at radius 2 is 2.00 bits per heavy atom. The first-order chi connectivity index (χ1) is 8.70. The van der Waals surface area contributed by atoms with Crippen molar-refractivity contribution in [1.82, 2.24) is 4.98 Å². The maximum atomic E-state index is 13.5. The van der Waals surface area contributed by atoms with Gasteiger partial charge in [-0.25, -0.2) is 22.9 Å². The molecule has 0 N–H and O–H groups in total. The monoisotopic (exact) mass is 287 g/mol. The summed E-state index contributed by atoms with van der Waals surface area (Å²) in [5.41, 5.74) is -5.04. The fourth-order valence-electron chi connectivity index (χ4n) is 1.28. The van der Waals surface area contributed by atoms with Crippen LogP contribution in [0.2, 0.25) is 0 Å². The highest BCUT2D eigenvalue weighted by atomic mass is 19.4. The molecule has 0 unspecified atom stereocenters. The number of esters is 1. The van der Waals surface area contributed by atoms with Crippen LogP contribution in [0, 0.1) is 5.82 Å². The number of aromatic nitrogens is 1. The first-order valence-corrected chi connectivity index (χ1v) is 4.91. The molecule has 1 aromatic heterocycles. The van der Waals surface area contributed by atoms with E-state index < -0.39 is 41.2 Å². The van der Waals surface area contributed by atoms with Gasteiger partial charge in [-0.2, -0.15) is 13.2 Å². The van der Waals surface area contributed by atoms with Crippen molar-refractivity contribution in [3.63, 3.8) is 0 Å². The predicted molar refractivity (Wildman–Crippen MR) is 50.1 cm³/mol. The molecule has 0 fully saturated rings. The van der Waals surface area contributed by atoms with Gasteiger partial charge in [-0.3, -0.25) is 0 Å². The minimum atomic E-state index is -5.20. The van der Waals surface area contributed by atoms with Crippen LogP contribution in [0.25, 0.3) is 0 Å². The van der Waals surface area contributed by atoms with Gasteiger partial charge in [-0.05, 0) is 6.92 Å². The molecule has 0 aromatic carbocycles. The summed E-state index contributed by atoms with van der Waals surface area (Å²) in [5, 5.41) is 0. The van der Waals surface area contributed by atoms with E-state index in [2.05, 4.69) is 9.72 Å². The molecule has 0 amide bonds. The van der Waals surface area contributed by atoms with E-state index in [1.54, 1.807) is 0 Å². The summed E-state index contributed by atoms with van der Waals surface area (Å²) in [7, 11) is 0. The molecular formula is C10H7F6NO2. The largest absolute Gasteiger partial charge is 0.461 e. The maximum absolute atomic E-state index is 13.5. The maximum Gasteiger partial charge on any atom is 0.418 e. The third-order valence-corrected chi connectivity index (χ3v) is 2.05. The Hall–Kier alpha value is -1.80. The Morgan fingerprint density at radius 1 is 1.42 bits per heavy atom. The summed E-state index contributed by atoms with van der Waals surface area (Å²) in [6.45, 7) is 1.15. The Morgan fingerprint density at radius 3 is 2.42 bits per heavy atom. The van der Waals surface area contributed by atoms with Gasteiger partial charge in [0.1, 0.15) is 0 Å². The number of alkyl halides is 5. The van der Waals surface area contributed by atoms with E-state index in [9.17, 15) is 31.1 Å². The molecule has 0 saturated heterocycles. The van der Waals surface area contributed by atoms with Gasteiger partial charge in [-0.15, -0.1) is 0 Å². The predicted octanol–water partition coefficient (Wildman–Crippen LogP) is 3.35. The summed E-state index contributed by atoms with van der Waals surface area (Å²) in [4.78, 5) is 14.1. The smallest absolute Gasteiger partial charge is 0.418 e. The topological polar surface area (TPSA) is 39.2 Å². The van der Waals surface area contributed by atoms with E-state index in [4.69, 9.17) is 0 Å². The number of nitrogens with zero attached hydrogens (tertiary/aromatic N) is 1. The average molecular weight is 287 g/mol. The molecule has 1 heterocycles. The van der Waals surface area contributed by atoms with Crippen LogP contribution in [0.4, 0.5) is 26.3 Å². The number of pyridine rings is 1. The summed E-state index contributed by atoms with van der Waals surface area (Å²) >= 11 is 0. The molecular weight excluding hydrogens is 280 g/mol. The molecule has 0 aliphatic rings. The second-order valence-electron chi connectivity index (χ2n) is 3.27. The van der Waals surface area contributed by atoms with Gasteiger partial charge >= 0.3 is 12.1 Å². The van der Waals surface area contributed by atoms with Gasteiger partial charge in [-0.1, -0.05) is 0 Å². The molecule has 0 atom stereocenters. The van der Waals surface area contributed by atoms with E-state index >= 15 is 0 Å². The average Bonchev–Trinajstić information content (AvgIpc) is 2.26. The summed E-state index contributed by atoms with van der Waals surface area (Å²) < 4.78 is 80.1. The van der Waals surface area contributed by atoms with Crippen LogP contribution in [0.3, 0.4) is 0 Å². The van der Waals surface area contributed by atoms with Crippen LogP contribution in [-0.4, -0.2) is 17.6 Å². The van der Waals surface area contributed by atoms with E-state index in [1.807, 2.05) is 0 Å². The standard InChI is InChI=1S/C10H7F6NO2/c1-2-19-9(18)7-6(11)5(8(12)13)4(3-17-7)10(14,15)16/h3,8H,2H2,1H3.